The van der Waals surface area contributed by atoms with Crippen LogP contribution in [0, 0.1) is 0 Å². The highest BCUT2D eigenvalue weighted by molar-refractivity contribution is 6.30. The lowest BCUT2D eigenvalue weighted by molar-refractivity contribution is 0.238. The van der Waals surface area contributed by atoms with E-state index < -0.39 is 0 Å². The quantitative estimate of drug-likeness (QED) is 0.179. The smallest absolute Gasteiger partial charge is 0.323 e. The molecule has 3 N–H and O–H groups in total. The summed E-state index contributed by atoms with van der Waals surface area (Å²) in [5.41, 5.74) is 4.58. The molecule has 10 heteroatoms. The highest BCUT2D eigenvalue weighted by atomic mass is 35.5. The van der Waals surface area contributed by atoms with Gasteiger partial charge in [0.1, 0.15) is 12.4 Å². The van der Waals surface area contributed by atoms with E-state index in [1.807, 2.05) is 66.7 Å². The number of nitrogens with one attached hydrogen (secondary N) is 3. The second-order valence-electron chi connectivity index (χ2n) is 9.83. The molecule has 0 spiro atoms. The molecule has 0 unspecified atom stereocenters. The Hall–Kier alpha value is -4.60. The van der Waals surface area contributed by atoms with Crippen LogP contribution in [-0.4, -0.2) is 51.8 Å². The number of anilines is 4. The van der Waals surface area contributed by atoms with E-state index in [1.54, 1.807) is 28.8 Å². The van der Waals surface area contributed by atoms with Crippen molar-refractivity contribution in [2.24, 2.45) is 0 Å². The minimum Gasteiger partial charge on any atom is -0.492 e. The molecule has 0 saturated carbocycles. The van der Waals surface area contributed by atoms with Crippen LogP contribution in [0.5, 0.6) is 5.75 Å². The Morgan fingerprint density at radius 2 is 1.59 bits per heavy atom. The number of benzene rings is 3. The fourth-order valence-electron chi connectivity index (χ4n) is 4.82. The number of hydrogen-bond donors (Lipinski definition) is 3. The second kappa shape index (κ2) is 12.3. The number of amides is 2. The van der Waals surface area contributed by atoms with Crippen molar-refractivity contribution in [3.63, 3.8) is 0 Å². The molecule has 0 radical (unpaired) electrons. The molecule has 1 fully saturated rings. The maximum absolute atomic E-state index is 12.5. The van der Waals surface area contributed by atoms with Crippen LogP contribution in [0.4, 0.5) is 27.8 Å². The van der Waals surface area contributed by atoms with Gasteiger partial charge in [-0.1, -0.05) is 29.8 Å². The Balaban J connectivity index is 1.12. The molecular formula is C31H30ClN7O2. The van der Waals surface area contributed by atoms with Gasteiger partial charge < -0.3 is 20.7 Å². The molecule has 1 aliphatic rings. The normalized spacial score (nSPS) is 13.3. The lowest BCUT2D eigenvalue weighted by atomic mass is 10.1. The molecule has 41 heavy (non-hydrogen) atoms. The minimum absolute atomic E-state index is 0.349. The average molecular weight is 568 g/mol. The number of halogens is 1. The summed E-state index contributed by atoms with van der Waals surface area (Å²) in [6.45, 7) is 3.99. The lowest BCUT2D eigenvalue weighted by Gasteiger charge is -2.15. The molecule has 3 heterocycles. The Bertz CT molecular complexity index is 1630. The summed E-state index contributed by atoms with van der Waals surface area (Å²) in [5, 5.41) is 14.3. The Morgan fingerprint density at radius 1 is 0.854 bits per heavy atom. The third kappa shape index (κ3) is 6.77. The SMILES string of the molecule is O=C(Nc1ccc(Cl)cc1)Nc1cccc(-c2cccc3nc(Nc4ccc(OCCN5CCCC5)cc4)nn23)c1. The monoisotopic (exact) mass is 567 g/mol. The third-order valence-electron chi connectivity index (χ3n) is 6.86. The van der Waals surface area contributed by atoms with Crippen molar-refractivity contribution in [2.45, 2.75) is 12.8 Å². The van der Waals surface area contributed by atoms with Crippen LogP contribution >= 0.6 is 11.6 Å². The molecule has 9 nitrogen and oxygen atoms in total. The number of nitrogens with zero attached hydrogens (tertiary/aromatic N) is 4. The summed E-state index contributed by atoms with van der Waals surface area (Å²) < 4.78 is 7.70. The van der Waals surface area contributed by atoms with E-state index in [0.29, 0.717) is 34.6 Å². The van der Waals surface area contributed by atoms with Gasteiger partial charge in [0.05, 0.1) is 5.69 Å². The first kappa shape index (κ1) is 26.6. The predicted octanol–water partition coefficient (Wildman–Crippen LogP) is 6.91. The summed E-state index contributed by atoms with van der Waals surface area (Å²) >= 11 is 5.93. The van der Waals surface area contributed by atoms with Crippen LogP contribution in [0.15, 0.2) is 91.0 Å². The number of hydrogen-bond acceptors (Lipinski definition) is 6. The van der Waals surface area contributed by atoms with Crippen molar-refractivity contribution in [2.75, 3.05) is 42.2 Å². The van der Waals surface area contributed by atoms with E-state index >= 15 is 0 Å². The zero-order valence-electron chi connectivity index (χ0n) is 22.4. The zero-order valence-corrected chi connectivity index (χ0v) is 23.1. The van der Waals surface area contributed by atoms with Gasteiger partial charge in [0.2, 0.25) is 5.95 Å². The number of carbonyl (C=O) groups is 1. The average Bonchev–Trinajstić information content (AvgIpc) is 3.65. The van der Waals surface area contributed by atoms with Crippen molar-refractivity contribution in [3.8, 4) is 17.0 Å². The summed E-state index contributed by atoms with van der Waals surface area (Å²) in [7, 11) is 0. The standard InChI is InChI=1S/C31H30ClN7O2/c32-23-9-11-25(12-10-23)34-31(40)35-26-6-3-5-22(21-26)28-7-4-8-29-36-30(37-39(28)29)33-24-13-15-27(16-14-24)41-20-19-38-17-1-2-18-38/h3-16,21H,1-2,17-20H2,(H,33,37)(H2,34,35,40). The fraction of sp³-hybridized carbons (Fsp3) is 0.194. The van der Waals surface area contributed by atoms with Crippen molar-refractivity contribution < 1.29 is 9.53 Å². The molecule has 0 bridgehead atoms. The first-order valence-corrected chi connectivity index (χ1v) is 14.0. The number of aromatic nitrogens is 3. The van der Waals surface area contributed by atoms with E-state index in [4.69, 9.17) is 21.4 Å². The van der Waals surface area contributed by atoms with Crippen molar-refractivity contribution in [1.82, 2.24) is 19.5 Å². The predicted molar refractivity (Wildman–Crippen MR) is 163 cm³/mol. The number of pyridine rings is 1. The van der Waals surface area contributed by atoms with Gasteiger partial charge in [0.15, 0.2) is 5.65 Å². The van der Waals surface area contributed by atoms with Crippen molar-refractivity contribution in [1.29, 1.82) is 0 Å². The van der Waals surface area contributed by atoms with Crippen molar-refractivity contribution >= 4 is 46.3 Å². The molecule has 0 aliphatic carbocycles. The van der Waals surface area contributed by atoms with Crippen molar-refractivity contribution in [3.05, 3.63) is 96.0 Å². The largest absolute Gasteiger partial charge is 0.492 e. The molecule has 208 valence electrons. The molecule has 2 aromatic heterocycles. The Kier molecular flexibility index (Phi) is 7.97. The van der Waals surface area contributed by atoms with E-state index in [0.717, 1.165) is 29.2 Å². The number of fused-ring (bicyclic) bond motifs is 1. The first-order valence-electron chi connectivity index (χ1n) is 13.6. The lowest BCUT2D eigenvalue weighted by Crippen LogP contribution is -2.25. The van der Waals surface area contributed by atoms with E-state index in [-0.39, 0.29) is 6.03 Å². The molecule has 0 atom stereocenters. The van der Waals surface area contributed by atoms with Crippen LogP contribution in [-0.2, 0) is 0 Å². The maximum Gasteiger partial charge on any atom is 0.323 e. The number of urea groups is 1. The maximum atomic E-state index is 12.5. The van der Waals surface area contributed by atoms with Gasteiger partial charge in [-0.25, -0.2) is 9.31 Å². The number of ether oxygens (including phenoxy) is 1. The Labute approximate surface area is 243 Å². The number of rotatable bonds is 9. The molecule has 2 amide bonds. The van der Waals surface area contributed by atoms with Crippen LogP contribution in [0.3, 0.4) is 0 Å². The summed E-state index contributed by atoms with van der Waals surface area (Å²) in [6.07, 6.45) is 2.57. The summed E-state index contributed by atoms with van der Waals surface area (Å²) in [4.78, 5) is 19.6. The molecule has 1 saturated heterocycles. The fourth-order valence-corrected chi connectivity index (χ4v) is 4.95. The van der Waals surface area contributed by atoms with Crippen LogP contribution in [0.1, 0.15) is 12.8 Å². The number of likely N-dealkylation sites (tertiary alicyclic amines) is 1. The van der Waals surface area contributed by atoms with Crippen LogP contribution in [0.25, 0.3) is 16.9 Å². The molecular weight excluding hydrogens is 538 g/mol. The molecule has 6 rings (SSSR count). The third-order valence-corrected chi connectivity index (χ3v) is 7.12. The van der Waals surface area contributed by atoms with E-state index in [9.17, 15) is 4.79 Å². The zero-order chi connectivity index (χ0) is 28.0. The van der Waals surface area contributed by atoms with Gasteiger partial charge in [-0.15, -0.1) is 5.10 Å². The van der Waals surface area contributed by atoms with Gasteiger partial charge in [0.25, 0.3) is 0 Å². The van der Waals surface area contributed by atoms with E-state index in [2.05, 4.69) is 25.8 Å². The summed E-state index contributed by atoms with van der Waals surface area (Å²) in [6, 6.07) is 27.8. The Morgan fingerprint density at radius 3 is 2.39 bits per heavy atom. The van der Waals surface area contributed by atoms with Gasteiger partial charge in [-0.3, -0.25) is 4.90 Å². The van der Waals surface area contributed by atoms with E-state index in [1.165, 1.54) is 25.9 Å². The van der Waals surface area contributed by atoms with Crippen LogP contribution < -0.4 is 20.7 Å². The summed E-state index contributed by atoms with van der Waals surface area (Å²) in [5.74, 6) is 1.33. The van der Waals surface area contributed by atoms with Gasteiger partial charge >= 0.3 is 6.03 Å². The van der Waals surface area contributed by atoms with Gasteiger partial charge in [0, 0.05) is 34.2 Å². The molecule has 1 aliphatic heterocycles. The highest BCUT2D eigenvalue weighted by Crippen LogP contribution is 2.25. The van der Waals surface area contributed by atoms with Gasteiger partial charge in [-0.05, 0) is 98.7 Å². The number of carbonyl (C=O) groups excluding carboxylic acids is 1. The molecule has 3 aromatic carbocycles. The molecule has 5 aromatic rings. The topological polar surface area (TPSA) is 95.8 Å². The van der Waals surface area contributed by atoms with Gasteiger partial charge in [-0.2, -0.15) is 4.98 Å². The highest BCUT2D eigenvalue weighted by Gasteiger charge is 2.12. The van der Waals surface area contributed by atoms with Crippen LogP contribution in [0.2, 0.25) is 5.02 Å². The minimum atomic E-state index is -0.349. The second-order valence-corrected chi connectivity index (χ2v) is 10.3. The first-order chi connectivity index (χ1) is 20.1.